The van der Waals surface area contributed by atoms with Crippen LogP contribution in [0, 0.1) is 0 Å². The van der Waals surface area contributed by atoms with E-state index in [0.29, 0.717) is 22.4 Å². The monoisotopic (exact) mass is 375 g/mol. The van der Waals surface area contributed by atoms with Crippen molar-refractivity contribution in [1.29, 1.82) is 0 Å². The van der Waals surface area contributed by atoms with Crippen LogP contribution in [0.25, 0.3) is 0 Å². The number of hydrogen-bond donors (Lipinski definition) is 1. The van der Waals surface area contributed by atoms with E-state index in [4.69, 9.17) is 21.1 Å². The third-order valence-corrected chi connectivity index (χ3v) is 4.05. The minimum Gasteiger partial charge on any atom is -0.480 e. The molecule has 0 radical (unpaired) electrons. The molecule has 0 fully saturated rings. The zero-order valence-corrected chi connectivity index (χ0v) is 15.1. The highest BCUT2D eigenvalue weighted by atomic mass is 35.5. The fourth-order valence-corrected chi connectivity index (χ4v) is 2.85. The standard InChI is InChI=1S/C18H18ClN3O4/c1-3-26-17(23)18(24)11-22(14-9-13(19)10-20-16(14)25-2)15(21-18)12-7-5-4-6-8-12/h4-10,24H,3,11H2,1-2H3. The third-order valence-electron chi connectivity index (χ3n) is 3.84. The number of nitrogens with zero attached hydrogens (tertiary/aromatic N) is 3. The molecule has 2 heterocycles. The van der Waals surface area contributed by atoms with Crippen molar-refractivity contribution >= 4 is 29.1 Å². The van der Waals surface area contributed by atoms with Crippen LogP contribution in [-0.2, 0) is 9.53 Å². The number of pyridine rings is 1. The van der Waals surface area contributed by atoms with Crippen LogP contribution in [0.3, 0.4) is 0 Å². The van der Waals surface area contributed by atoms with Crippen molar-refractivity contribution in [3.05, 3.63) is 53.2 Å². The van der Waals surface area contributed by atoms with E-state index in [0.717, 1.165) is 5.56 Å². The van der Waals surface area contributed by atoms with Crippen molar-refractivity contribution in [3.63, 3.8) is 0 Å². The number of anilines is 1. The third kappa shape index (κ3) is 3.36. The molecule has 1 aromatic heterocycles. The number of ether oxygens (including phenoxy) is 2. The lowest BCUT2D eigenvalue weighted by atomic mass is 10.2. The van der Waals surface area contributed by atoms with E-state index in [1.54, 1.807) is 17.9 Å². The predicted octanol–water partition coefficient (Wildman–Crippen LogP) is 2.26. The molecule has 7 nitrogen and oxygen atoms in total. The van der Waals surface area contributed by atoms with Gasteiger partial charge in [0, 0.05) is 11.8 Å². The topological polar surface area (TPSA) is 84.2 Å². The lowest BCUT2D eigenvalue weighted by Gasteiger charge is -2.24. The molecule has 1 aliphatic rings. The van der Waals surface area contributed by atoms with Gasteiger partial charge in [0.1, 0.15) is 11.5 Å². The SMILES string of the molecule is CCOC(=O)C1(O)CN(c2cc(Cl)cnc2OC)C(c2ccccc2)=N1. The number of esters is 1. The van der Waals surface area contributed by atoms with Crippen LogP contribution in [0.2, 0.25) is 5.02 Å². The predicted molar refractivity (Wildman–Crippen MR) is 97.7 cm³/mol. The first kappa shape index (κ1) is 18.2. The van der Waals surface area contributed by atoms with Crippen LogP contribution < -0.4 is 9.64 Å². The van der Waals surface area contributed by atoms with Gasteiger partial charge in [0.05, 0.1) is 25.3 Å². The second-order valence-corrected chi connectivity index (χ2v) is 6.04. The van der Waals surface area contributed by atoms with E-state index in [-0.39, 0.29) is 13.2 Å². The number of carbonyl (C=O) groups excluding carboxylic acids is 1. The van der Waals surface area contributed by atoms with Gasteiger partial charge < -0.3 is 19.5 Å². The second-order valence-electron chi connectivity index (χ2n) is 5.61. The molecule has 0 bridgehead atoms. The van der Waals surface area contributed by atoms with Gasteiger partial charge in [0.2, 0.25) is 5.88 Å². The Morgan fingerprint density at radius 1 is 1.38 bits per heavy atom. The summed E-state index contributed by atoms with van der Waals surface area (Å²) in [7, 11) is 1.48. The molecule has 1 atom stereocenters. The van der Waals surface area contributed by atoms with Gasteiger partial charge in [-0.1, -0.05) is 41.9 Å². The van der Waals surface area contributed by atoms with Crippen molar-refractivity contribution in [2.45, 2.75) is 12.6 Å². The summed E-state index contributed by atoms with van der Waals surface area (Å²) >= 11 is 6.09. The smallest absolute Gasteiger partial charge is 0.363 e. The summed E-state index contributed by atoms with van der Waals surface area (Å²) in [6, 6.07) is 10.8. The molecule has 2 aromatic rings. The molecule has 136 valence electrons. The first-order valence-electron chi connectivity index (χ1n) is 8.00. The molecule has 1 aliphatic heterocycles. The van der Waals surface area contributed by atoms with Gasteiger partial charge in [-0.05, 0) is 13.0 Å². The van der Waals surface area contributed by atoms with Gasteiger partial charge in [-0.25, -0.2) is 14.8 Å². The zero-order chi connectivity index (χ0) is 18.7. The number of aliphatic hydroxyl groups is 1. The highest BCUT2D eigenvalue weighted by Gasteiger charge is 2.47. The summed E-state index contributed by atoms with van der Waals surface area (Å²) in [5, 5.41) is 11.2. The number of hydrogen-bond acceptors (Lipinski definition) is 7. The molecule has 3 rings (SSSR count). The van der Waals surface area contributed by atoms with Crippen LogP contribution in [0.5, 0.6) is 5.88 Å². The average Bonchev–Trinajstić information content (AvgIpc) is 3.02. The van der Waals surface area contributed by atoms with E-state index in [2.05, 4.69) is 9.98 Å². The molecular weight excluding hydrogens is 358 g/mol. The lowest BCUT2D eigenvalue weighted by Crippen LogP contribution is -2.43. The van der Waals surface area contributed by atoms with Crippen LogP contribution in [0.15, 0.2) is 47.6 Å². The minimum atomic E-state index is -2.03. The normalized spacial score (nSPS) is 19.2. The van der Waals surface area contributed by atoms with E-state index in [1.807, 2.05) is 30.3 Å². The van der Waals surface area contributed by atoms with Crippen LogP contribution in [0.1, 0.15) is 12.5 Å². The number of carbonyl (C=O) groups is 1. The van der Waals surface area contributed by atoms with E-state index in [1.165, 1.54) is 13.3 Å². The Kier molecular flexibility index (Phi) is 5.11. The van der Waals surface area contributed by atoms with Crippen LogP contribution in [0.4, 0.5) is 5.69 Å². The number of rotatable bonds is 5. The molecule has 0 amide bonds. The molecule has 1 unspecified atom stereocenters. The molecule has 0 aliphatic carbocycles. The Balaban J connectivity index is 2.11. The number of aromatic nitrogens is 1. The summed E-state index contributed by atoms with van der Waals surface area (Å²) in [4.78, 5) is 22.3. The highest BCUT2D eigenvalue weighted by molar-refractivity contribution is 6.31. The maximum Gasteiger partial charge on any atom is 0.363 e. The largest absolute Gasteiger partial charge is 0.480 e. The Morgan fingerprint density at radius 3 is 2.77 bits per heavy atom. The molecule has 0 saturated heterocycles. The minimum absolute atomic E-state index is 0.138. The Labute approximate surface area is 155 Å². The average molecular weight is 376 g/mol. The second kappa shape index (κ2) is 7.31. The Bertz CT molecular complexity index is 844. The summed E-state index contributed by atoms with van der Waals surface area (Å²) < 4.78 is 10.3. The fraction of sp³-hybridized carbons (Fsp3) is 0.278. The molecule has 1 aromatic carbocycles. The number of halogens is 1. The first-order chi connectivity index (χ1) is 12.5. The maximum absolute atomic E-state index is 12.3. The Hall–Kier alpha value is -2.64. The van der Waals surface area contributed by atoms with Crippen molar-refractivity contribution in [1.82, 2.24) is 4.98 Å². The summed E-state index contributed by atoms with van der Waals surface area (Å²) in [5.41, 5.74) is -0.827. The van der Waals surface area contributed by atoms with Crippen LogP contribution in [-0.4, -0.2) is 47.9 Å². The number of β-amino-alcohol motifs (C(OH)–C–C–N with tert-alkyl or cyclic N) is 1. The van der Waals surface area contributed by atoms with E-state index < -0.39 is 11.7 Å². The quantitative estimate of drug-likeness (QED) is 0.807. The van der Waals surface area contributed by atoms with E-state index >= 15 is 0 Å². The summed E-state index contributed by atoms with van der Waals surface area (Å²) in [5.74, 6) is -0.125. The van der Waals surface area contributed by atoms with Gasteiger partial charge in [-0.15, -0.1) is 0 Å². The van der Waals surface area contributed by atoms with Gasteiger partial charge >= 0.3 is 5.97 Å². The first-order valence-corrected chi connectivity index (χ1v) is 8.38. The van der Waals surface area contributed by atoms with Gasteiger partial charge in [-0.2, -0.15) is 0 Å². The zero-order valence-electron chi connectivity index (χ0n) is 14.3. The lowest BCUT2D eigenvalue weighted by molar-refractivity contribution is -0.162. The summed E-state index contributed by atoms with van der Waals surface area (Å²) in [6.45, 7) is 1.66. The highest BCUT2D eigenvalue weighted by Crippen LogP contribution is 2.35. The van der Waals surface area contributed by atoms with E-state index in [9.17, 15) is 9.90 Å². The van der Waals surface area contributed by atoms with Crippen molar-refractivity contribution in [2.24, 2.45) is 4.99 Å². The van der Waals surface area contributed by atoms with Gasteiger partial charge in [0.15, 0.2) is 0 Å². The molecule has 0 spiro atoms. The molecule has 1 N–H and O–H groups in total. The van der Waals surface area contributed by atoms with Crippen molar-refractivity contribution < 1.29 is 19.4 Å². The fourth-order valence-electron chi connectivity index (χ4n) is 2.70. The molecular formula is C18H18ClN3O4. The number of amidine groups is 1. The van der Waals surface area contributed by atoms with Crippen LogP contribution >= 0.6 is 11.6 Å². The van der Waals surface area contributed by atoms with Crippen molar-refractivity contribution in [3.8, 4) is 5.88 Å². The number of methoxy groups -OCH3 is 1. The van der Waals surface area contributed by atoms with Crippen molar-refractivity contribution in [2.75, 3.05) is 25.2 Å². The molecule has 26 heavy (non-hydrogen) atoms. The number of aliphatic imine (C=N–C) groups is 1. The maximum atomic E-state index is 12.3. The summed E-state index contributed by atoms with van der Waals surface area (Å²) in [6.07, 6.45) is 1.46. The van der Waals surface area contributed by atoms with Gasteiger partial charge in [-0.3, -0.25) is 0 Å². The molecule has 8 heteroatoms. The van der Waals surface area contributed by atoms with Gasteiger partial charge in [0.25, 0.3) is 5.72 Å². The Morgan fingerprint density at radius 2 is 2.12 bits per heavy atom. The molecule has 0 saturated carbocycles. The number of benzene rings is 1.